The van der Waals surface area contributed by atoms with Crippen LogP contribution < -0.4 is 0 Å². The summed E-state index contributed by atoms with van der Waals surface area (Å²) in [5, 5.41) is 0. The monoisotopic (exact) mass is 222 g/mol. The molecule has 0 spiro atoms. The van der Waals surface area contributed by atoms with Crippen LogP contribution >= 0.6 is 0 Å². The smallest absolute Gasteiger partial charge is 1.00 e. The van der Waals surface area contributed by atoms with Gasteiger partial charge in [-0.2, -0.15) is 8.42 Å². The van der Waals surface area contributed by atoms with E-state index in [4.69, 9.17) is 4.55 Å². The van der Waals surface area contributed by atoms with Crippen molar-refractivity contribution in [3.63, 3.8) is 0 Å². The number of rotatable bonds is 3. The van der Waals surface area contributed by atoms with Crippen LogP contribution in [-0.4, -0.2) is 62.1 Å². The van der Waals surface area contributed by atoms with Crippen LogP contribution in [-0.2, 0) is 19.6 Å². The molecule has 0 saturated heterocycles. The van der Waals surface area contributed by atoms with Crippen LogP contribution in [0.25, 0.3) is 0 Å². The third-order valence-corrected chi connectivity index (χ3v) is 1.80. The van der Waals surface area contributed by atoms with Crippen LogP contribution in [0, 0.1) is 0 Å². The van der Waals surface area contributed by atoms with Crippen molar-refractivity contribution in [3.8, 4) is 0 Å². The van der Waals surface area contributed by atoms with Gasteiger partial charge in [0.25, 0.3) is 0 Å². The maximum Gasteiger partial charge on any atom is 2.00 e. The summed E-state index contributed by atoms with van der Waals surface area (Å²) in [6, 6.07) is 0. The first-order valence-corrected chi connectivity index (χ1v) is 4.17. The summed E-state index contributed by atoms with van der Waals surface area (Å²) in [4.78, 5) is 10.4. The Kier molecular flexibility index (Phi) is 7.35. The zero-order chi connectivity index (χ0) is 9.07. The summed E-state index contributed by atoms with van der Waals surface area (Å²) in [6.45, 7) is 4.08. The molecule has 0 aliphatic heterocycles. The van der Waals surface area contributed by atoms with Gasteiger partial charge < -0.3 is 7.59 Å². The first kappa shape index (κ1) is 14.9. The molecule has 12 heavy (non-hydrogen) atoms. The second-order valence-corrected chi connectivity index (χ2v) is 3.42. The standard InChI is InChI=1S/C5H8O5S.Ca.2H/c1-3-5(6)10-4(2)11(7,8)9;;;/h3-4H,1H2,2H3,(H,7,8,9);;;/q;+2;2*-1. The van der Waals surface area contributed by atoms with Crippen LogP contribution in [0.3, 0.4) is 0 Å². The van der Waals surface area contributed by atoms with Crippen molar-refractivity contribution in [1.29, 1.82) is 0 Å². The molecule has 1 atom stereocenters. The Morgan fingerprint density at radius 1 is 1.75 bits per heavy atom. The van der Waals surface area contributed by atoms with E-state index in [-0.39, 0.29) is 40.6 Å². The number of hydrogen-bond donors (Lipinski definition) is 1. The first-order chi connectivity index (χ1) is 4.88. The molecule has 0 aromatic heterocycles. The zero-order valence-corrected chi connectivity index (χ0v) is 9.58. The fourth-order valence-electron chi connectivity index (χ4n) is 0.272. The van der Waals surface area contributed by atoms with Crippen LogP contribution in [0.1, 0.15) is 9.78 Å². The maximum atomic E-state index is 10.4. The van der Waals surface area contributed by atoms with Crippen molar-refractivity contribution in [1.82, 2.24) is 0 Å². The predicted octanol–water partition coefficient (Wildman–Crippen LogP) is -0.206. The topological polar surface area (TPSA) is 80.7 Å². The molecule has 0 aliphatic rings. The molecule has 0 radical (unpaired) electrons. The summed E-state index contributed by atoms with van der Waals surface area (Å²) < 4.78 is 32.9. The van der Waals surface area contributed by atoms with Crippen LogP contribution in [0.2, 0.25) is 0 Å². The van der Waals surface area contributed by atoms with Gasteiger partial charge in [-0.25, -0.2) is 4.79 Å². The van der Waals surface area contributed by atoms with Crippen LogP contribution in [0.15, 0.2) is 12.7 Å². The SMILES string of the molecule is C=CC(=O)OC(C)S(=O)(=O)O.[Ca+2].[H-].[H-]. The molecule has 7 heteroatoms. The second-order valence-electron chi connectivity index (χ2n) is 1.72. The number of carbonyl (C=O) groups is 1. The van der Waals surface area contributed by atoms with Gasteiger partial charge in [-0.3, -0.25) is 4.55 Å². The van der Waals surface area contributed by atoms with Crippen molar-refractivity contribution in [2.75, 3.05) is 0 Å². The predicted molar refractivity (Wildman–Crippen MR) is 45.3 cm³/mol. The van der Waals surface area contributed by atoms with E-state index < -0.39 is 21.5 Å². The average Bonchev–Trinajstić information content (AvgIpc) is 1.85. The van der Waals surface area contributed by atoms with Crippen LogP contribution in [0.5, 0.6) is 0 Å². The molecule has 1 N–H and O–H groups in total. The molecule has 0 amide bonds. The molecule has 1 unspecified atom stereocenters. The van der Waals surface area contributed by atoms with E-state index in [9.17, 15) is 13.2 Å². The first-order valence-electron chi connectivity index (χ1n) is 2.67. The minimum Gasteiger partial charge on any atom is -1.00 e. The van der Waals surface area contributed by atoms with Crippen molar-refractivity contribution in [2.45, 2.75) is 12.4 Å². The molecule has 0 rings (SSSR count). The average molecular weight is 222 g/mol. The molecule has 0 aromatic rings. The summed E-state index contributed by atoms with van der Waals surface area (Å²) >= 11 is 0. The molecule has 0 aromatic carbocycles. The minimum atomic E-state index is -4.30. The Labute approximate surface area is 103 Å². The number of carbonyl (C=O) groups excluding carboxylic acids is 1. The Hall–Kier alpha value is 0.380. The molecule has 0 fully saturated rings. The Morgan fingerprint density at radius 3 is 2.42 bits per heavy atom. The van der Waals surface area contributed by atoms with Crippen molar-refractivity contribution in [2.24, 2.45) is 0 Å². The molecule has 0 bridgehead atoms. The molecule has 5 nitrogen and oxygen atoms in total. The summed E-state index contributed by atoms with van der Waals surface area (Å²) in [5.74, 6) is -0.893. The zero-order valence-electron chi connectivity index (χ0n) is 8.56. The molecule has 0 aliphatic carbocycles. The maximum absolute atomic E-state index is 10.4. The van der Waals surface area contributed by atoms with Crippen molar-refractivity contribution in [3.05, 3.63) is 12.7 Å². The normalized spacial score (nSPS) is 12.5. The minimum absolute atomic E-state index is 0. The van der Waals surface area contributed by atoms with E-state index in [0.717, 1.165) is 13.0 Å². The number of ether oxygens (including phenoxy) is 1. The van der Waals surface area contributed by atoms with E-state index >= 15 is 0 Å². The van der Waals surface area contributed by atoms with E-state index in [1.807, 2.05) is 0 Å². The number of esters is 1. The van der Waals surface area contributed by atoms with Crippen molar-refractivity contribution < 1.29 is 25.4 Å². The summed E-state index contributed by atoms with van der Waals surface area (Å²) in [6.07, 6.45) is 0.807. The third kappa shape index (κ3) is 5.96. The Balaban J connectivity index is -0.000000167. The molecular formula is C5H10CaO5S. The van der Waals surface area contributed by atoms with Crippen molar-refractivity contribution >= 4 is 53.8 Å². The van der Waals surface area contributed by atoms with Gasteiger partial charge in [0, 0.05) is 6.08 Å². The number of hydrogen-bond acceptors (Lipinski definition) is 4. The van der Waals surface area contributed by atoms with Gasteiger partial charge in [-0.05, 0) is 6.92 Å². The van der Waals surface area contributed by atoms with Gasteiger partial charge in [0.15, 0.2) is 0 Å². The van der Waals surface area contributed by atoms with Gasteiger partial charge in [0.1, 0.15) is 0 Å². The third-order valence-electron chi connectivity index (χ3n) is 0.868. The van der Waals surface area contributed by atoms with Gasteiger partial charge in [0.2, 0.25) is 5.44 Å². The van der Waals surface area contributed by atoms with Crippen LogP contribution in [0.4, 0.5) is 0 Å². The Bertz CT molecular complexity index is 265. The fraction of sp³-hybridized carbons (Fsp3) is 0.400. The van der Waals surface area contributed by atoms with Gasteiger partial charge in [-0.1, -0.05) is 6.58 Å². The van der Waals surface area contributed by atoms with E-state index in [0.29, 0.717) is 0 Å². The second kappa shape index (κ2) is 5.93. The van der Waals surface area contributed by atoms with E-state index in [2.05, 4.69) is 11.3 Å². The van der Waals surface area contributed by atoms with Gasteiger partial charge >= 0.3 is 53.8 Å². The quantitative estimate of drug-likeness (QED) is 0.309. The fourth-order valence-corrected chi connectivity index (χ4v) is 0.489. The molecule has 0 saturated carbocycles. The molecular weight excluding hydrogens is 212 g/mol. The summed E-state index contributed by atoms with van der Waals surface area (Å²) in [5.41, 5.74) is -1.55. The van der Waals surface area contributed by atoms with Gasteiger partial charge in [0.05, 0.1) is 0 Å². The van der Waals surface area contributed by atoms with E-state index in [1.165, 1.54) is 0 Å². The Morgan fingerprint density at radius 2 is 2.17 bits per heavy atom. The molecule has 68 valence electrons. The largest absolute Gasteiger partial charge is 2.00 e. The van der Waals surface area contributed by atoms with Gasteiger partial charge in [-0.15, -0.1) is 0 Å². The summed E-state index contributed by atoms with van der Waals surface area (Å²) in [7, 11) is -4.30. The molecule has 0 heterocycles. The van der Waals surface area contributed by atoms with E-state index in [1.54, 1.807) is 0 Å².